The summed E-state index contributed by atoms with van der Waals surface area (Å²) < 4.78 is 40.6. The fraction of sp³-hybridized carbons (Fsp3) is 0.176. The zero-order chi connectivity index (χ0) is 29.9. The van der Waals surface area contributed by atoms with Crippen molar-refractivity contribution in [3.8, 4) is 11.5 Å². The number of benzene rings is 3. The Bertz CT molecular complexity index is 1660. The summed E-state index contributed by atoms with van der Waals surface area (Å²) in [5.74, 6) is 1.18. The van der Waals surface area contributed by atoms with Crippen LogP contribution >= 0.6 is 0 Å². The Labute approximate surface area is 253 Å². The number of hydrogen-bond donors (Lipinski definition) is 1. The molecule has 0 saturated carbocycles. The SMILES string of the molecule is Cc1ccc(S(=O)(=O)Nc2ccccc2OCCOc2ccccc2CN(Cc2ccccn2)Cc2ccccn2)cc1. The van der Waals surface area contributed by atoms with Crippen molar-refractivity contribution in [1.82, 2.24) is 14.9 Å². The Morgan fingerprint density at radius 3 is 1.84 bits per heavy atom. The molecule has 0 spiro atoms. The van der Waals surface area contributed by atoms with E-state index in [1.165, 1.54) is 0 Å². The van der Waals surface area contributed by atoms with E-state index in [0.717, 1.165) is 28.3 Å². The third kappa shape index (κ3) is 8.64. The van der Waals surface area contributed by atoms with Crippen molar-refractivity contribution >= 4 is 15.7 Å². The van der Waals surface area contributed by atoms with Gasteiger partial charge in [0.05, 0.1) is 22.0 Å². The second kappa shape index (κ2) is 14.4. The first-order chi connectivity index (χ1) is 21.0. The maximum Gasteiger partial charge on any atom is 0.262 e. The largest absolute Gasteiger partial charge is 0.490 e. The van der Waals surface area contributed by atoms with Gasteiger partial charge in [0, 0.05) is 37.6 Å². The number of rotatable bonds is 14. The molecule has 0 amide bonds. The topological polar surface area (TPSA) is 93.7 Å². The first-order valence-corrected chi connectivity index (χ1v) is 15.5. The van der Waals surface area contributed by atoms with Crippen molar-refractivity contribution in [1.29, 1.82) is 0 Å². The molecular formula is C34H34N4O4S. The lowest BCUT2D eigenvalue weighted by Crippen LogP contribution is -2.24. The van der Waals surface area contributed by atoms with Crippen LogP contribution < -0.4 is 14.2 Å². The number of anilines is 1. The summed E-state index contributed by atoms with van der Waals surface area (Å²) in [4.78, 5) is 11.5. The summed E-state index contributed by atoms with van der Waals surface area (Å²) in [6.45, 7) is 4.36. The number of sulfonamides is 1. The zero-order valence-corrected chi connectivity index (χ0v) is 24.8. The Morgan fingerprint density at radius 2 is 1.21 bits per heavy atom. The molecule has 3 aromatic carbocycles. The van der Waals surface area contributed by atoms with Crippen LogP contribution in [0, 0.1) is 6.92 Å². The highest BCUT2D eigenvalue weighted by Crippen LogP contribution is 2.27. The van der Waals surface area contributed by atoms with Crippen LogP contribution in [0.2, 0.25) is 0 Å². The highest BCUT2D eigenvalue weighted by Gasteiger charge is 2.17. The summed E-state index contributed by atoms with van der Waals surface area (Å²) in [7, 11) is -3.76. The van der Waals surface area contributed by atoms with E-state index in [-0.39, 0.29) is 18.1 Å². The average Bonchev–Trinajstić information content (AvgIpc) is 3.02. The average molecular weight is 595 g/mol. The molecule has 0 unspecified atom stereocenters. The summed E-state index contributed by atoms with van der Waals surface area (Å²) in [5, 5.41) is 0. The third-order valence-electron chi connectivity index (χ3n) is 6.65. The Morgan fingerprint density at radius 1 is 0.651 bits per heavy atom. The van der Waals surface area contributed by atoms with Gasteiger partial charge in [-0.3, -0.25) is 19.6 Å². The molecule has 1 N–H and O–H groups in total. The Hall–Kier alpha value is -4.73. The van der Waals surface area contributed by atoms with E-state index < -0.39 is 10.0 Å². The zero-order valence-electron chi connectivity index (χ0n) is 24.0. The first kappa shape index (κ1) is 29.8. The fourth-order valence-corrected chi connectivity index (χ4v) is 5.60. The molecule has 9 heteroatoms. The van der Waals surface area contributed by atoms with E-state index >= 15 is 0 Å². The Kier molecular flexibility index (Phi) is 9.99. The van der Waals surface area contributed by atoms with Gasteiger partial charge in [-0.2, -0.15) is 0 Å². The van der Waals surface area contributed by atoms with Gasteiger partial charge in [0.15, 0.2) is 0 Å². The van der Waals surface area contributed by atoms with Crippen LogP contribution in [0.1, 0.15) is 22.5 Å². The van der Waals surface area contributed by atoms with Gasteiger partial charge in [-0.05, 0) is 61.5 Å². The molecule has 5 rings (SSSR count). The van der Waals surface area contributed by atoms with Crippen LogP contribution in [0.4, 0.5) is 5.69 Å². The van der Waals surface area contributed by atoms with E-state index in [0.29, 0.717) is 31.1 Å². The van der Waals surface area contributed by atoms with Crippen LogP contribution in [-0.4, -0.2) is 36.5 Å². The minimum atomic E-state index is -3.76. The predicted octanol–water partition coefficient (Wildman–Crippen LogP) is 6.25. The van der Waals surface area contributed by atoms with Crippen LogP contribution in [0.5, 0.6) is 11.5 Å². The van der Waals surface area contributed by atoms with Crippen LogP contribution in [0.25, 0.3) is 0 Å². The number of aryl methyl sites for hydroxylation is 1. The van der Waals surface area contributed by atoms with Gasteiger partial charge in [-0.15, -0.1) is 0 Å². The van der Waals surface area contributed by atoms with E-state index in [1.807, 2.05) is 61.5 Å². The van der Waals surface area contributed by atoms with Crippen LogP contribution in [0.3, 0.4) is 0 Å². The van der Waals surface area contributed by atoms with Crippen molar-refractivity contribution in [3.05, 3.63) is 144 Å². The molecule has 0 saturated heterocycles. The molecule has 2 heterocycles. The molecule has 43 heavy (non-hydrogen) atoms. The number of hydrogen-bond acceptors (Lipinski definition) is 7. The maximum absolute atomic E-state index is 12.9. The highest BCUT2D eigenvalue weighted by molar-refractivity contribution is 7.92. The smallest absolute Gasteiger partial charge is 0.262 e. The minimum Gasteiger partial charge on any atom is -0.490 e. The standard InChI is InChI=1S/C34H34N4O4S/c1-27-16-18-31(19-17-27)43(39,40)37-32-13-3-5-15-34(32)42-23-22-41-33-14-4-2-10-28(33)24-38(25-29-11-6-8-20-35-29)26-30-12-7-9-21-36-30/h2-21,37H,22-26H2,1H3. The summed E-state index contributed by atoms with van der Waals surface area (Å²) in [5.41, 5.74) is 4.32. The summed E-state index contributed by atoms with van der Waals surface area (Å²) in [6.07, 6.45) is 3.61. The molecule has 0 fully saturated rings. The van der Waals surface area contributed by atoms with Crippen molar-refractivity contribution in [3.63, 3.8) is 0 Å². The number of aromatic nitrogens is 2. The first-order valence-electron chi connectivity index (χ1n) is 14.0. The molecule has 0 bridgehead atoms. The number of ether oxygens (including phenoxy) is 2. The molecule has 0 atom stereocenters. The van der Waals surface area contributed by atoms with Crippen molar-refractivity contribution < 1.29 is 17.9 Å². The van der Waals surface area contributed by atoms with Crippen molar-refractivity contribution in [2.24, 2.45) is 0 Å². The van der Waals surface area contributed by atoms with E-state index in [1.54, 1.807) is 60.9 Å². The molecule has 220 valence electrons. The third-order valence-corrected chi connectivity index (χ3v) is 8.03. The molecule has 8 nitrogen and oxygen atoms in total. The van der Waals surface area contributed by atoms with E-state index in [4.69, 9.17) is 9.47 Å². The second-order valence-electron chi connectivity index (χ2n) is 10.0. The lowest BCUT2D eigenvalue weighted by molar-refractivity contribution is 0.208. The molecule has 0 aliphatic rings. The lowest BCUT2D eigenvalue weighted by atomic mass is 10.1. The van der Waals surface area contributed by atoms with Crippen LogP contribution in [-0.2, 0) is 29.7 Å². The second-order valence-corrected chi connectivity index (χ2v) is 11.7. The molecule has 0 radical (unpaired) electrons. The van der Waals surface area contributed by atoms with Gasteiger partial charge >= 0.3 is 0 Å². The molecular weight excluding hydrogens is 560 g/mol. The fourth-order valence-electron chi connectivity index (χ4n) is 4.53. The predicted molar refractivity (Wildman–Crippen MR) is 167 cm³/mol. The van der Waals surface area contributed by atoms with Crippen LogP contribution in [0.15, 0.2) is 126 Å². The molecule has 0 aliphatic carbocycles. The Balaban J connectivity index is 1.22. The van der Waals surface area contributed by atoms with Gasteiger partial charge in [-0.1, -0.05) is 60.2 Å². The van der Waals surface area contributed by atoms with Gasteiger partial charge in [0.2, 0.25) is 0 Å². The molecule has 5 aromatic rings. The van der Waals surface area contributed by atoms with Crippen molar-refractivity contribution in [2.75, 3.05) is 17.9 Å². The maximum atomic E-state index is 12.9. The summed E-state index contributed by atoms with van der Waals surface area (Å²) in [6, 6.07) is 33.4. The highest BCUT2D eigenvalue weighted by atomic mass is 32.2. The number of nitrogens with one attached hydrogen (secondary N) is 1. The minimum absolute atomic E-state index is 0.188. The summed E-state index contributed by atoms with van der Waals surface area (Å²) >= 11 is 0. The number of para-hydroxylation sites is 3. The van der Waals surface area contributed by atoms with Gasteiger partial charge in [0.1, 0.15) is 24.7 Å². The lowest BCUT2D eigenvalue weighted by Gasteiger charge is -2.23. The number of nitrogens with zero attached hydrogens (tertiary/aromatic N) is 3. The molecule has 2 aromatic heterocycles. The van der Waals surface area contributed by atoms with Gasteiger partial charge < -0.3 is 9.47 Å². The van der Waals surface area contributed by atoms with E-state index in [2.05, 4.69) is 25.7 Å². The van der Waals surface area contributed by atoms with Crippen molar-refractivity contribution in [2.45, 2.75) is 31.5 Å². The normalized spacial score (nSPS) is 11.3. The van der Waals surface area contributed by atoms with E-state index in [9.17, 15) is 8.42 Å². The quantitative estimate of drug-likeness (QED) is 0.152. The molecule has 0 aliphatic heterocycles. The van der Waals surface area contributed by atoms with Gasteiger partial charge in [0.25, 0.3) is 10.0 Å². The monoisotopic (exact) mass is 594 g/mol. The van der Waals surface area contributed by atoms with Gasteiger partial charge in [-0.25, -0.2) is 8.42 Å². The number of pyridine rings is 2.